The van der Waals surface area contributed by atoms with Crippen LogP contribution in [0.4, 0.5) is 14.8 Å². The molecule has 2 heterocycles. The lowest BCUT2D eigenvalue weighted by molar-refractivity contribution is 0.387. The van der Waals surface area contributed by atoms with E-state index in [1.165, 1.54) is 0 Å². The first-order valence-electron chi connectivity index (χ1n) is 8.97. The van der Waals surface area contributed by atoms with Crippen molar-refractivity contribution < 1.29 is 21.6 Å². The lowest BCUT2D eigenvalue weighted by atomic mass is 9.97. The molecule has 148 valence electrons. The second-order valence-electron chi connectivity index (χ2n) is 6.85. The van der Waals surface area contributed by atoms with Crippen LogP contribution < -0.4 is 9.62 Å². The van der Waals surface area contributed by atoms with Gasteiger partial charge in [0.05, 0.1) is 4.90 Å². The summed E-state index contributed by atoms with van der Waals surface area (Å²) in [4.78, 5) is 6.11. The third-order valence-electron chi connectivity index (χ3n) is 4.88. The first-order valence-corrected chi connectivity index (χ1v) is 10.5. The van der Waals surface area contributed by atoms with Crippen LogP contribution in [0, 0.1) is 17.6 Å². The number of anilines is 1. The Labute approximate surface area is 161 Å². The Morgan fingerprint density at radius 1 is 1.11 bits per heavy atom. The van der Waals surface area contributed by atoms with Crippen molar-refractivity contribution in [2.24, 2.45) is 5.92 Å². The van der Waals surface area contributed by atoms with Crippen molar-refractivity contribution in [3.8, 4) is 0 Å². The van der Waals surface area contributed by atoms with Gasteiger partial charge in [0, 0.05) is 25.7 Å². The molecule has 0 aliphatic carbocycles. The normalized spacial score (nSPS) is 16.0. The summed E-state index contributed by atoms with van der Waals surface area (Å²) in [5.41, 5.74) is 1.53. The van der Waals surface area contributed by atoms with E-state index in [1.807, 2.05) is 29.2 Å². The molecule has 1 saturated heterocycles. The van der Waals surface area contributed by atoms with Crippen LogP contribution in [0.5, 0.6) is 0 Å². The zero-order chi connectivity index (χ0) is 19.7. The van der Waals surface area contributed by atoms with Gasteiger partial charge in [0.25, 0.3) is 6.01 Å². The predicted molar refractivity (Wildman–Crippen MR) is 100 cm³/mol. The fourth-order valence-electron chi connectivity index (χ4n) is 3.32. The highest BCUT2D eigenvalue weighted by Crippen LogP contribution is 2.26. The van der Waals surface area contributed by atoms with Crippen LogP contribution in [0.1, 0.15) is 12.8 Å². The average Bonchev–Trinajstić information content (AvgIpc) is 3.10. The second kappa shape index (κ2) is 7.48. The second-order valence-corrected chi connectivity index (χ2v) is 8.62. The molecular formula is C19H19F2N3O3S. The van der Waals surface area contributed by atoms with Crippen LogP contribution in [-0.4, -0.2) is 33.0 Å². The number of benzene rings is 2. The molecule has 1 fully saturated rings. The molecule has 2 aromatic carbocycles. The summed E-state index contributed by atoms with van der Waals surface area (Å²) < 4.78 is 59.4. The van der Waals surface area contributed by atoms with Crippen LogP contribution >= 0.6 is 0 Å². The maximum atomic E-state index is 13.3. The van der Waals surface area contributed by atoms with Gasteiger partial charge in [-0.1, -0.05) is 12.1 Å². The zero-order valence-electron chi connectivity index (χ0n) is 14.9. The highest BCUT2D eigenvalue weighted by molar-refractivity contribution is 7.89. The highest BCUT2D eigenvalue weighted by atomic mass is 32.2. The largest absolute Gasteiger partial charge is 0.423 e. The van der Waals surface area contributed by atoms with Gasteiger partial charge >= 0.3 is 0 Å². The molecule has 1 aromatic heterocycles. The maximum absolute atomic E-state index is 13.3. The van der Waals surface area contributed by atoms with Crippen LogP contribution in [0.2, 0.25) is 0 Å². The summed E-state index contributed by atoms with van der Waals surface area (Å²) in [7, 11) is -3.96. The molecule has 28 heavy (non-hydrogen) atoms. The number of hydrogen-bond donors (Lipinski definition) is 1. The number of fused-ring (bicyclic) bond motifs is 1. The first kappa shape index (κ1) is 18.8. The smallest absolute Gasteiger partial charge is 0.298 e. The van der Waals surface area contributed by atoms with Gasteiger partial charge in [-0.15, -0.1) is 0 Å². The third kappa shape index (κ3) is 4.00. The van der Waals surface area contributed by atoms with E-state index in [9.17, 15) is 17.2 Å². The van der Waals surface area contributed by atoms with Crippen molar-refractivity contribution >= 4 is 27.1 Å². The molecule has 0 bridgehead atoms. The highest BCUT2D eigenvalue weighted by Gasteiger charge is 2.25. The Bertz CT molecular complexity index is 1040. The summed E-state index contributed by atoms with van der Waals surface area (Å²) in [5.74, 6) is -1.73. The van der Waals surface area contributed by atoms with Crippen molar-refractivity contribution in [1.82, 2.24) is 9.71 Å². The minimum atomic E-state index is -3.96. The predicted octanol–water partition coefficient (Wildman–Crippen LogP) is 3.30. The van der Waals surface area contributed by atoms with Crippen molar-refractivity contribution in [3.05, 3.63) is 54.1 Å². The molecule has 0 spiro atoms. The first-order chi connectivity index (χ1) is 13.4. The van der Waals surface area contributed by atoms with Gasteiger partial charge in [-0.05, 0) is 43.0 Å². The number of nitrogens with zero attached hydrogens (tertiary/aromatic N) is 2. The molecule has 0 radical (unpaired) electrons. The number of halogens is 2. The van der Waals surface area contributed by atoms with Gasteiger partial charge in [-0.25, -0.2) is 21.9 Å². The number of piperidine rings is 1. The Kier molecular flexibility index (Phi) is 5.03. The minimum Gasteiger partial charge on any atom is -0.423 e. The third-order valence-corrected chi connectivity index (χ3v) is 6.28. The summed E-state index contributed by atoms with van der Waals surface area (Å²) in [6.07, 6.45) is 1.50. The monoisotopic (exact) mass is 407 g/mol. The lowest BCUT2D eigenvalue weighted by Gasteiger charge is -2.30. The number of nitrogens with one attached hydrogen (secondary N) is 1. The van der Waals surface area contributed by atoms with Gasteiger partial charge in [0.15, 0.2) is 5.58 Å². The number of para-hydroxylation sites is 2. The summed E-state index contributed by atoms with van der Waals surface area (Å²) in [6, 6.07) is 10.4. The van der Waals surface area contributed by atoms with Crippen molar-refractivity contribution in [3.63, 3.8) is 0 Å². The molecule has 0 amide bonds. The summed E-state index contributed by atoms with van der Waals surface area (Å²) in [6.45, 7) is 1.59. The van der Waals surface area contributed by atoms with E-state index in [1.54, 1.807) is 0 Å². The number of sulfonamides is 1. The Morgan fingerprint density at radius 2 is 1.79 bits per heavy atom. The van der Waals surface area contributed by atoms with Gasteiger partial charge < -0.3 is 9.32 Å². The van der Waals surface area contributed by atoms with Crippen LogP contribution in [0.3, 0.4) is 0 Å². The molecule has 0 atom stereocenters. The summed E-state index contributed by atoms with van der Waals surface area (Å²) in [5, 5.41) is 0. The topological polar surface area (TPSA) is 75.4 Å². The Morgan fingerprint density at radius 3 is 2.46 bits per heavy atom. The van der Waals surface area contributed by atoms with Gasteiger partial charge in [0.2, 0.25) is 10.0 Å². The van der Waals surface area contributed by atoms with E-state index < -0.39 is 26.6 Å². The maximum Gasteiger partial charge on any atom is 0.298 e. The molecule has 1 aliphatic heterocycles. The molecule has 0 saturated carbocycles. The molecular weight excluding hydrogens is 388 g/mol. The fourth-order valence-corrected chi connectivity index (χ4v) is 4.48. The SMILES string of the molecule is O=S(=O)(NCC1CCN(c2nc3ccccc3o2)CC1)c1cc(F)cc(F)c1. The van der Waals surface area contributed by atoms with Crippen molar-refractivity contribution in [2.75, 3.05) is 24.5 Å². The molecule has 9 heteroatoms. The van der Waals surface area contributed by atoms with Gasteiger partial charge in [-0.3, -0.25) is 0 Å². The van der Waals surface area contributed by atoms with E-state index in [2.05, 4.69) is 9.71 Å². The molecule has 1 aliphatic rings. The standard InChI is InChI=1S/C19H19F2N3O3S/c20-14-9-15(21)11-16(10-14)28(25,26)22-12-13-5-7-24(8-6-13)19-23-17-3-1-2-4-18(17)27-19/h1-4,9-11,13,22H,5-8,12H2. The molecule has 1 N–H and O–H groups in total. The van der Waals surface area contributed by atoms with Crippen LogP contribution in [0.15, 0.2) is 51.8 Å². The van der Waals surface area contributed by atoms with Crippen molar-refractivity contribution in [2.45, 2.75) is 17.7 Å². The molecule has 6 nitrogen and oxygen atoms in total. The molecule has 3 aromatic rings. The average molecular weight is 407 g/mol. The molecule has 0 unspecified atom stereocenters. The van der Waals surface area contributed by atoms with Gasteiger partial charge in [0.1, 0.15) is 17.2 Å². The number of aromatic nitrogens is 1. The summed E-state index contributed by atoms with van der Waals surface area (Å²) >= 11 is 0. The number of hydrogen-bond acceptors (Lipinski definition) is 5. The quantitative estimate of drug-likeness (QED) is 0.702. The van der Waals surface area contributed by atoms with E-state index in [0.717, 1.165) is 36.1 Å². The minimum absolute atomic E-state index is 0.119. The van der Waals surface area contributed by atoms with E-state index in [4.69, 9.17) is 4.42 Å². The number of rotatable bonds is 5. The molecule has 4 rings (SSSR count). The van der Waals surface area contributed by atoms with Crippen LogP contribution in [0.25, 0.3) is 11.1 Å². The van der Waals surface area contributed by atoms with E-state index >= 15 is 0 Å². The van der Waals surface area contributed by atoms with E-state index in [0.29, 0.717) is 25.2 Å². The Balaban J connectivity index is 1.35. The zero-order valence-corrected chi connectivity index (χ0v) is 15.8. The van der Waals surface area contributed by atoms with E-state index in [-0.39, 0.29) is 12.5 Å². The van der Waals surface area contributed by atoms with Crippen LogP contribution in [-0.2, 0) is 10.0 Å². The Hall–Kier alpha value is -2.52. The van der Waals surface area contributed by atoms with Crippen molar-refractivity contribution in [1.29, 1.82) is 0 Å². The fraction of sp³-hybridized carbons (Fsp3) is 0.316. The van der Waals surface area contributed by atoms with Gasteiger partial charge in [-0.2, -0.15) is 4.98 Å². The number of oxazole rings is 1. The lowest BCUT2D eigenvalue weighted by Crippen LogP contribution is -2.38.